The fraction of sp³-hybridized carbons (Fsp3) is 0.880. The average Bonchev–Trinajstić information content (AvgIpc) is 2.68. The molecule has 0 radical (unpaired) electrons. The third kappa shape index (κ3) is 23.2. The van der Waals surface area contributed by atoms with Crippen LogP contribution in [0.5, 0.6) is 0 Å². The maximum Gasteiger partial charge on any atom is 0.305 e. The quantitative estimate of drug-likeness (QED) is 0.113. The van der Waals surface area contributed by atoms with Gasteiger partial charge in [0.15, 0.2) is 0 Å². The molecule has 160 valence electrons. The maximum absolute atomic E-state index is 11.4. The third-order valence-corrected chi connectivity index (χ3v) is 5.11. The Bertz CT molecular complexity index is 322. The van der Waals surface area contributed by atoms with Gasteiger partial charge in [-0.05, 0) is 38.5 Å². The summed E-state index contributed by atoms with van der Waals surface area (Å²) < 4.78 is 5.08. The van der Waals surface area contributed by atoms with E-state index in [1.165, 1.54) is 103 Å². The Morgan fingerprint density at radius 3 is 1.52 bits per heavy atom. The summed E-state index contributed by atoms with van der Waals surface area (Å²) in [7, 11) is 0. The van der Waals surface area contributed by atoms with Crippen molar-refractivity contribution in [3.05, 3.63) is 12.2 Å². The van der Waals surface area contributed by atoms with Gasteiger partial charge >= 0.3 is 5.97 Å². The molecule has 27 heavy (non-hydrogen) atoms. The highest BCUT2D eigenvalue weighted by Gasteiger charge is 2.01. The summed E-state index contributed by atoms with van der Waals surface area (Å²) in [5, 5.41) is 0. The Labute approximate surface area is 170 Å². The molecule has 0 aromatic heterocycles. The zero-order valence-corrected chi connectivity index (χ0v) is 18.6. The number of hydrogen-bond donors (Lipinski definition) is 0. The molecule has 0 fully saturated rings. The Balaban J connectivity index is 3.12. The fourth-order valence-corrected chi connectivity index (χ4v) is 3.34. The zero-order chi connectivity index (χ0) is 19.8. The van der Waals surface area contributed by atoms with Gasteiger partial charge in [0.05, 0.1) is 6.61 Å². The molecule has 0 aliphatic carbocycles. The van der Waals surface area contributed by atoms with Gasteiger partial charge in [0, 0.05) is 6.42 Å². The molecule has 0 saturated heterocycles. The van der Waals surface area contributed by atoms with Gasteiger partial charge in [0.1, 0.15) is 0 Å². The Morgan fingerprint density at radius 2 is 1.04 bits per heavy atom. The van der Waals surface area contributed by atoms with Crippen molar-refractivity contribution < 1.29 is 9.53 Å². The van der Waals surface area contributed by atoms with Crippen LogP contribution in [0, 0.1) is 0 Å². The number of hydrogen-bond acceptors (Lipinski definition) is 2. The first-order valence-electron chi connectivity index (χ1n) is 12.1. The van der Waals surface area contributed by atoms with Crippen LogP contribution in [-0.4, -0.2) is 12.6 Å². The highest BCUT2D eigenvalue weighted by atomic mass is 16.5. The van der Waals surface area contributed by atoms with E-state index in [0.717, 1.165) is 12.8 Å². The van der Waals surface area contributed by atoms with E-state index < -0.39 is 0 Å². The third-order valence-electron chi connectivity index (χ3n) is 5.11. The van der Waals surface area contributed by atoms with E-state index in [9.17, 15) is 4.79 Å². The molecular weight excluding hydrogens is 332 g/mol. The summed E-state index contributed by atoms with van der Waals surface area (Å²) in [5.41, 5.74) is 0. The largest absolute Gasteiger partial charge is 0.466 e. The maximum atomic E-state index is 11.4. The van der Waals surface area contributed by atoms with Crippen LogP contribution in [-0.2, 0) is 9.53 Å². The molecule has 0 saturated carbocycles. The first-order chi connectivity index (χ1) is 13.3. The Morgan fingerprint density at radius 1 is 0.593 bits per heavy atom. The number of carbonyl (C=O) groups excluding carboxylic acids is 1. The highest BCUT2D eigenvalue weighted by molar-refractivity contribution is 5.69. The van der Waals surface area contributed by atoms with Gasteiger partial charge < -0.3 is 4.74 Å². The second-order valence-electron chi connectivity index (χ2n) is 7.97. The first-order valence-corrected chi connectivity index (χ1v) is 12.1. The van der Waals surface area contributed by atoms with E-state index in [1.54, 1.807) is 0 Å². The van der Waals surface area contributed by atoms with Crippen molar-refractivity contribution >= 4 is 5.97 Å². The number of esters is 1. The van der Waals surface area contributed by atoms with Crippen LogP contribution < -0.4 is 0 Å². The summed E-state index contributed by atoms with van der Waals surface area (Å²) >= 11 is 0. The lowest BCUT2D eigenvalue weighted by atomic mass is 10.1. The smallest absolute Gasteiger partial charge is 0.305 e. The standard InChI is InChI=1S/C25H48O2/c1-3-5-6-7-8-9-10-11-12-13-14-15-16-17-18-19-20-21-22-23-25(26)27-24-4-2/h11-12H,3-10,13-24H2,1-2H3/b12-11+. The molecule has 0 unspecified atom stereocenters. The molecule has 0 spiro atoms. The molecule has 0 aromatic carbocycles. The predicted molar refractivity (Wildman–Crippen MR) is 119 cm³/mol. The molecule has 0 heterocycles. The van der Waals surface area contributed by atoms with Gasteiger partial charge in [-0.3, -0.25) is 4.79 Å². The minimum absolute atomic E-state index is 0.0159. The molecule has 2 nitrogen and oxygen atoms in total. The molecule has 0 amide bonds. The van der Waals surface area contributed by atoms with Crippen LogP contribution in [0.1, 0.15) is 136 Å². The van der Waals surface area contributed by atoms with Gasteiger partial charge in [-0.2, -0.15) is 0 Å². The molecule has 0 aliphatic rings. The van der Waals surface area contributed by atoms with Crippen molar-refractivity contribution in [3.63, 3.8) is 0 Å². The average molecular weight is 381 g/mol. The second kappa shape index (κ2) is 23.2. The number of ether oxygens (including phenoxy) is 1. The van der Waals surface area contributed by atoms with Crippen LogP contribution in [0.3, 0.4) is 0 Å². The fourth-order valence-electron chi connectivity index (χ4n) is 3.34. The van der Waals surface area contributed by atoms with Crippen molar-refractivity contribution in [3.8, 4) is 0 Å². The van der Waals surface area contributed by atoms with E-state index in [0.29, 0.717) is 13.0 Å². The number of carbonyl (C=O) groups is 1. The normalized spacial score (nSPS) is 11.3. The van der Waals surface area contributed by atoms with Crippen molar-refractivity contribution in [2.24, 2.45) is 0 Å². The van der Waals surface area contributed by atoms with Gasteiger partial charge in [0.2, 0.25) is 0 Å². The van der Waals surface area contributed by atoms with Crippen LogP contribution in [0.2, 0.25) is 0 Å². The lowest BCUT2D eigenvalue weighted by Crippen LogP contribution is -2.04. The van der Waals surface area contributed by atoms with Crippen molar-refractivity contribution in [1.82, 2.24) is 0 Å². The molecular formula is C25H48O2. The van der Waals surface area contributed by atoms with Crippen LogP contribution in [0.15, 0.2) is 12.2 Å². The Kier molecular flexibility index (Phi) is 22.6. The van der Waals surface area contributed by atoms with E-state index in [1.807, 2.05) is 6.92 Å². The molecule has 0 bridgehead atoms. The summed E-state index contributed by atoms with van der Waals surface area (Å²) in [6.07, 6.45) is 28.9. The number of allylic oxidation sites excluding steroid dienone is 2. The minimum atomic E-state index is -0.0159. The monoisotopic (exact) mass is 380 g/mol. The van der Waals surface area contributed by atoms with E-state index >= 15 is 0 Å². The predicted octanol–water partition coefficient (Wildman–Crippen LogP) is 8.54. The Hall–Kier alpha value is -0.790. The SMILES string of the molecule is CCCCCCCC/C=C/CCCCCCCCCCCC(=O)OCCC. The van der Waals surface area contributed by atoms with Crippen molar-refractivity contribution in [1.29, 1.82) is 0 Å². The van der Waals surface area contributed by atoms with Crippen LogP contribution >= 0.6 is 0 Å². The van der Waals surface area contributed by atoms with Crippen molar-refractivity contribution in [2.45, 2.75) is 136 Å². The molecule has 2 heteroatoms. The summed E-state index contributed by atoms with van der Waals surface area (Å²) in [4.78, 5) is 11.4. The summed E-state index contributed by atoms with van der Waals surface area (Å²) in [5.74, 6) is -0.0159. The van der Waals surface area contributed by atoms with Gasteiger partial charge in [-0.25, -0.2) is 0 Å². The molecule has 0 atom stereocenters. The second-order valence-corrected chi connectivity index (χ2v) is 7.97. The van der Waals surface area contributed by atoms with Crippen LogP contribution in [0.25, 0.3) is 0 Å². The zero-order valence-electron chi connectivity index (χ0n) is 18.6. The molecule has 0 N–H and O–H groups in total. The van der Waals surface area contributed by atoms with E-state index in [-0.39, 0.29) is 5.97 Å². The molecule has 0 aliphatic heterocycles. The minimum Gasteiger partial charge on any atom is -0.466 e. The lowest BCUT2D eigenvalue weighted by Gasteiger charge is -2.03. The number of rotatable bonds is 21. The van der Waals surface area contributed by atoms with Crippen LogP contribution in [0.4, 0.5) is 0 Å². The topological polar surface area (TPSA) is 26.3 Å². The van der Waals surface area contributed by atoms with Gasteiger partial charge in [-0.15, -0.1) is 0 Å². The molecule has 0 aromatic rings. The number of unbranched alkanes of at least 4 members (excludes halogenated alkanes) is 15. The molecule has 0 rings (SSSR count). The van der Waals surface area contributed by atoms with E-state index in [4.69, 9.17) is 4.74 Å². The van der Waals surface area contributed by atoms with Gasteiger partial charge in [0.25, 0.3) is 0 Å². The van der Waals surface area contributed by atoms with Gasteiger partial charge in [-0.1, -0.05) is 103 Å². The first kappa shape index (κ1) is 26.2. The van der Waals surface area contributed by atoms with E-state index in [2.05, 4.69) is 19.1 Å². The van der Waals surface area contributed by atoms with Crippen molar-refractivity contribution in [2.75, 3.05) is 6.61 Å². The summed E-state index contributed by atoms with van der Waals surface area (Å²) in [6.45, 7) is 4.88. The summed E-state index contributed by atoms with van der Waals surface area (Å²) in [6, 6.07) is 0. The highest BCUT2D eigenvalue weighted by Crippen LogP contribution is 2.12. The lowest BCUT2D eigenvalue weighted by molar-refractivity contribution is -0.143.